The predicted octanol–water partition coefficient (Wildman–Crippen LogP) is 3.28. The summed E-state index contributed by atoms with van der Waals surface area (Å²) in [4.78, 5) is 12.6. The monoisotopic (exact) mass is 471 g/mol. The number of fused-ring (bicyclic) bond motifs is 1. The molecule has 4 rings (SSSR count). The molecule has 1 N–H and O–H groups in total. The zero-order chi connectivity index (χ0) is 23.8. The molecule has 1 saturated heterocycles. The highest BCUT2D eigenvalue weighted by atomic mass is 32.2. The number of piperazine rings is 1. The number of nitro groups is 1. The van der Waals surface area contributed by atoms with Gasteiger partial charge in [0.05, 0.1) is 16.9 Å². The maximum Gasteiger partial charge on any atom is 0.270 e. The molecule has 0 saturated carbocycles. The van der Waals surface area contributed by atoms with E-state index in [-0.39, 0.29) is 29.4 Å². The number of hydrogen-bond donors (Lipinski definition) is 1. The molecule has 10 heteroatoms. The smallest absolute Gasteiger partial charge is 0.270 e. The molecule has 0 atom stereocenters. The first-order valence-corrected chi connectivity index (χ1v) is 11.9. The molecular formula is C23H25N3O6S. The molecule has 33 heavy (non-hydrogen) atoms. The zero-order valence-electron chi connectivity index (χ0n) is 18.4. The first kappa shape index (κ1) is 23.0. The number of hydrogen-bond acceptors (Lipinski definition) is 7. The lowest BCUT2D eigenvalue weighted by molar-refractivity contribution is -0.385. The second-order valence-corrected chi connectivity index (χ2v) is 9.94. The van der Waals surface area contributed by atoms with Gasteiger partial charge in [-0.2, -0.15) is 4.31 Å². The number of phenolic OH excluding ortho intramolecular Hbond substituents is 1. The Morgan fingerprint density at radius 3 is 2.42 bits per heavy atom. The van der Waals surface area contributed by atoms with Crippen molar-refractivity contribution in [2.45, 2.75) is 18.4 Å². The van der Waals surface area contributed by atoms with Crippen molar-refractivity contribution in [2.24, 2.45) is 0 Å². The molecule has 0 radical (unpaired) electrons. The average Bonchev–Trinajstić information content (AvgIpc) is 2.81. The van der Waals surface area contributed by atoms with Crippen LogP contribution >= 0.6 is 0 Å². The molecule has 1 aliphatic rings. The third-order valence-electron chi connectivity index (χ3n) is 6.03. The number of methoxy groups -OCH3 is 1. The fourth-order valence-corrected chi connectivity index (χ4v) is 5.78. The van der Waals surface area contributed by atoms with E-state index in [1.807, 2.05) is 24.3 Å². The molecule has 0 bridgehead atoms. The highest BCUT2D eigenvalue weighted by molar-refractivity contribution is 7.89. The fourth-order valence-electron chi connectivity index (χ4n) is 4.11. The van der Waals surface area contributed by atoms with Crippen LogP contribution in [0.2, 0.25) is 0 Å². The van der Waals surface area contributed by atoms with Crippen molar-refractivity contribution in [3.63, 3.8) is 0 Å². The van der Waals surface area contributed by atoms with Crippen LogP contribution in [0.15, 0.2) is 53.4 Å². The van der Waals surface area contributed by atoms with Gasteiger partial charge < -0.3 is 9.84 Å². The van der Waals surface area contributed by atoms with Gasteiger partial charge in [-0.25, -0.2) is 8.42 Å². The first-order chi connectivity index (χ1) is 15.7. The third-order valence-corrected chi connectivity index (χ3v) is 8.07. The molecule has 0 spiro atoms. The van der Waals surface area contributed by atoms with Gasteiger partial charge in [-0.1, -0.05) is 18.2 Å². The Bertz CT molecular complexity index is 1320. The van der Waals surface area contributed by atoms with Gasteiger partial charge >= 0.3 is 0 Å². The number of nitro benzene ring substituents is 1. The van der Waals surface area contributed by atoms with Gasteiger partial charge in [-0.3, -0.25) is 15.0 Å². The largest absolute Gasteiger partial charge is 0.508 e. The average molecular weight is 472 g/mol. The molecule has 0 aliphatic carbocycles. The molecule has 3 aromatic carbocycles. The normalized spacial score (nSPS) is 15.6. The van der Waals surface area contributed by atoms with E-state index in [2.05, 4.69) is 4.90 Å². The Morgan fingerprint density at radius 2 is 1.76 bits per heavy atom. The van der Waals surface area contributed by atoms with Gasteiger partial charge in [0.2, 0.25) is 10.0 Å². The van der Waals surface area contributed by atoms with Gasteiger partial charge in [0.1, 0.15) is 11.5 Å². The molecular weight excluding hydrogens is 446 g/mol. The summed E-state index contributed by atoms with van der Waals surface area (Å²) in [6.07, 6.45) is 0. The van der Waals surface area contributed by atoms with Crippen LogP contribution in [0.4, 0.5) is 5.69 Å². The Balaban J connectivity index is 1.53. The zero-order valence-corrected chi connectivity index (χ0v) is 19.2. The maximum atomic E-state index is 13.2. The number of aromatic hydroxyl groups is 1. The second-order valence-electron chi connectivity index (χ2n) is 8.04. The summed E-state index contributed by atoms with van der Waals surface area (Å²) in [6.45, 7) is 3.52. The number of sulfonamides is 1. The summed E-state index contributed by atoms with van der Waals surface area (Å²) in [7, 11) is -2.27. The van der Waals surface area contributed by atoms with Crippen LogP contribution in [0.5, 0.6) is 11.5 Å². The molecule has 0 amide bonds. The molecule has 0 aromatic heterocycles. The van der Waals surface area contributed by atoms with E-state index in [9.17, 15) is 23.6 Å². The van der Waals surface area contributed by atoms with E-state index >= 15 is 0 Å². The van der Waals surface area contributed by atoms with Crippen LogP contribution in [-0.4, -0.2) is 60.9 Å². The van der Waals surface area contributed by atoms with Crippen LogP contribution in [0.3, 0.4) is 0 Å². The Morgan fingerprint density at radius 1 is 1.06 bits per heavy atom. The first-order valence-electron chi connectivity index (χ1n) is 10.5. The van der Waals surface area contributed by atoms with Crippen LogP contribution in [-0.2, 0) is 16.6 Å². The van der Waals surface area contributed by atoms with Crippen molar-refractivity contribution in [2.75, 3.05) is 33.3 Å². The van der Waals surface area contributed by atoms with Gasteiger partial charge in [0, 0.05) is 50.4 Å². The van der Waals surface area contributed by atoms with Crippen LogP contribution in [0.1, 0.15) is 11.1 Å². The van der Waals surface area contributed by atoms with E-state index in [4.69, 9.17) is 4.74 Å². The SMILES string of the molecule is COc1ccc2ccc(O)c(CN3CCN(S(=O)(=O)c4cc([N+](=O)[O-])ccc4C)CC3)c2c1. The van der Waals surface area contributed by atoms with Crippen molar-refractivity contribution < 1.29 is 23.2 Å². The minimum atomic E-state index is -3.86. The standard InChI is InChI=1S/C23H25N3O6S/c1-16-3-6-18(26(28)29)13-23(16)33(30,31)25-11-9-24(10-12-25)15-21-20-14-19(32-2)7-4-17(20)5-8-22(21)27/h3-8,13-14,27H,9-12,15H2,1-2H3. The molecule has 9 nitrogen and oxygen atoms in total. The van der Waals surface area contributed by atoms with Crippen molar-refractivity contribution in [3.05, 3.63) is 69.8 Å². The van der Waals surface area contributed by atoms with E-state index in [1.54, 1.807) is 20.1 Å². The minimum absolute atomic E-state index is 0.0380. The summed E-state index contributed by atoms with van der Waals surface area (Å²) in [6, 6.07) is 13.1. The molecule has 174 valence electrons. The topological polar surface area (TPSA) is 113 Å². The van der Waals surface area contributed by atoms with Crippen molar-refractivity contribution >= 4 is 26.5 Å². The Hall–Kier alpha value is -3.21. The van der Waals surface area contributed by atoms with Crippen molar-refractivity contribution in [1.29, 1.82) is 0 Å². The lowest BCUT2D eigenvalue weighted by Crippen LogP contribution is -2.48. The van der Waals surface area contributed by atoms with Gasteiger partial charge in [0.15, 0.2) is 0 Å². The summed E-state index contributed by atoms with van der Waals surface area (Å²) in [5.74, 6) is 0.871. The Labute approximate surface area is 192 Å². The van der Waals surface area contributed by atoms with Gasteiger partial charge in [-0.15, -0.1) is 0 Å². The highest BCUT2D eigenvalue weighted by Gasteiger charge is 2.31. The van der Waals surface area contributed by atoms with Gasteiger partial charge in [-0.05, 0) is 41.5 Å². The molecule has 0 unspecified atom stereocenters. The molecule has 1 fully saturated rings. The molecule has 1 heterocycles. The summed E-state index contributed by atoms with van der Waals surface area (Å²) < 4.78 is 33.0. The fraction of sp³-hybridized carbons (Fsp3) is 0.304. The minimum Gasteiger partial charge on any atom is -0.508 e. The van der Waals surface area contributed by atoms with Crippen LogP contribution < -0.4 is 4.74 Å². The Kier molecular flexibility index (Phi) is 6.24. The third kappa shape index (κ3) is 4.50. The summed E-state index contributed by atoms with van der Waals surface area (Å²) in [5.41, 5.74) is 0.981. The van der Waals surface area contributed by atoms with E-state index in [0.717, 1.165) is 22.4 Å². The van der Waals surface area contributed by atoms with Crippen LogP contribution in [0, 0.1) is 17.0 Å². The van der Waals surface area contributed by atoms with Crippen LogP contribution in [0.25, 0.3) is 10.8 Å². The number of benzene rings is 3. The van der Waals surface area contributed by atoms with E-state index < -0.39 is 14.9 Å². The maximum absolute atomic E-state index is 13.2. The quantitative estimate of drug-likeness (QED) is 0.434. The highest BCUT2D eigenvalue weighted by Crippen LogP contribution is 2.32. The predicted molar refractivity (Wildman–Crippen MR) is 124 cm³/mol. The molecule has 3 aromatic rings. The number of phenols is 1. The summed E-state index contributed by atoms with van der Waals surface area (Å²) >= 11 is 0. The lowest BCUT2D eigenvalue weighted by atomic mass is 10.0. The van der Waals surface area contributed by atoms with Crippen molar-refractivity contribution in [1.82, 2.24) is 9.21 Å². The van der Waals surface area contributed by atoms with E-state index in [0.29, 0.717) is 30.9 Å². The van der Waals surface area contributed by atoms with E-state index in [1.165, 1.54) is 16.4 Å². The molecule has 1 aliphatic heterocycles. The number of nitrogens with zero attached hydrogens (tertiary/aromatic N) is 3. The number of non-ortho nitro benzene ring substituents is 1. The second kappa shape index (κ2) is 8.97. The van der Waals surface area contributed by atoms with Gasteiger partial charge in [0.25, 0.3) is 5.69 Å². The number of aryl methyl sites for hydroxylation is 1. The lowest BCUT2D eigenvalue weighted by Gasteiger charge is -2.34. The number of rotatable bonds is 6. The van der Waals surface area contributed by atoms with Crippen molar-refractivity contribution in [3.8, 4) is 11.5 Å². The summed E-state index contributed by atoms with van der Waals surface area (Å²) in [5, 5.41) is 23.5. The number of ether oxygens (including phenoxy) is 1.